The van der Waals surface area contributed by atoms with Crippen LogP contribution in [0.25, 0.3) is 0 Å². The van der Waals surface area contributed by atoms with Crippen LogP contribution in [0, 0.1) is 0 Å². The van der Waals surface area contributed by atoms with E-state index in [9.17, 15) is 0 Å². The van der Waals surface area contributed by atoms with Gasteiger partial charge in [0.05, 0.1) is 0 Å². The molecule has 104 valence electrons. The summed E-state index contributed by atoms with van der Waals surface area (Å²) in [5.74, 6) is 0.741. The molecule has 19 heavy (non-hydrogen) atoms. The summed E-state index contributed by atoms with van der Waals surface area (Å²) in [5, 5.41) is 0. The van der Waals surface area contributed by atoms with Crippen LogP contribution in [0.5, 0.6) is 0 Å². The van der Waals surface area contributed by atoms with Crippen LogP contribution in [0.4, 0.5) is 5.69 Å². The van der Waals surface area contributed by atoms with Gasteiger partial charge in [-0.05, 0) is 63.3 Å². The average Bonchev–Trinajstić information content (AvgIpc) is 3.10. The van der Waals surface area contributed by atoms with E-state index in [2.05, 4.69) is 47.9 Å². The van der Waals surface area contributed by atoms with E-state index < -0.39 is 0 Å². The minimum Gasteiger partial charge on any atom is -0.372 e. The number of hydrogen-bond acceptors (Lipinski definition) is 2. The predicted octanol–water partition coefficient (Wildman–Crippen LogP) is 3.48. The van der Waals surface area contributed by atoms with Gasteiger partial charge in [-0.25, -0.2) is 0 Å². The summed E-state index contributed by atoms with van der Waals surface area (Å²) in [5.41, 5.74) is 2.99. The van der Waals surface area contributed by atoms with Crippen LogP contribution in [0.2, 0.25) is 0 Å². The summed E-state index contributed by atoms with van der Waals surface area (Å²) in [7, 11) is 0. The zero-order chi connectivity index (χ0) is 13.2. The highest BCUT2D eigenvalue weighted by Crippen LogP contribution is 2.31. The second-order valence-electron chi connectivity index (χ2n) is 6.36. The molecular weight excluding hydrogens is 232 g/mol. The van der Waals surface area contributed by atoms with E-state index in [1.54, 1.807) is 5.56 Å². The molecule has 0 aromatic heterocycles. The van der Waals surface area contributed by atoms with Crippen molar-refractivity contribution in [2.45, 2.75) is 45.1 Å². The Labute approximate surface area is 117 Å². The zero-order valence-electron chi connectivity index (χ0n) is 12.3. The van der Waals surface area contributed by atoms with E-state index in [1.807, 2.05) is 0 Å². The summed E-state index contributed by atoms with van der Waals surface area (Å²) in [6.07, 6.45) is 4.03. The van der Waals surface area contributed by atoms with Gasteiger partial charge in [-0.2, -0.15) is 0 Å². The fourth-order valence-corrected chi connectivity index (χ4v) is 3.48. The van der Waals surface area contributed by atoms with Crippen LogP contribution in [-0.4, -0.2) is 37.1 Å². The molecular formula is C17H26N2. The number of hydrogen-bond donors (Lipinski definition) is 0. The van der Waals surface area contributed by atoms with Gasteiger partial charge < -0.3 is 9.80 Å². The number of benzene rings is 1. The maximum atomic E-state index is 2.60. The molecule has 2 aliphatic rings. The van der Waals surface area contributed by atoms with Crippen LogP contribution >= 0.6 is 0 Å². The van der Waals surface area contributed by atoms with Crippen molar-refractivity contribution >= 4 is 5.69 Å². The number of rotatable bonds is 3. The third kappa shape index (κ3) is 2.79. The Bertz CT molecular complexity index is 421. The lowest BCUT2D eigenvalue weighted by Crippen LogP contribution is -2.27. The first-order valence-corrected chi connectivity index (χ1v) is 7.83. The molecule has 0 radical (unpaired) electrons. The van der Waals surface area contributed by atoms with Gasteiger partial charge in [0.25, 0.3) is 0 Å². The maximum Gasteiger partial charge on any atom is 0.0369 e. The molecule has 0 bridgehead atoms. The van der Waals surface area contributed by atoms with Crippen LogP contribution in [0.15, 0.2) is 24.3 Å². The Morgan fingerprint density at radius 3 is 2.58 bits per heavy atom. The molecule has 3 rings (SSSR count). The molecule has 1 aromatic carbocycles. The van der Waals surface area contributed by atoms with Gasteiger partial charge in [-0.15, -0.1) is 0 Å². The van der Waals surface area contributed by atoms with Crippen molar-refractivity contribution in [2.75, 3.05) is 31.1 Å². The van der Waals surface area contributed by atoms with Gasteiger partial charge >= 0.3 is 0 Å². The molecule has 2 nitrogen and oxygen atoms in total. The van der Waals surface area contributed by atoms with Gasteiger partial charge in [-0.3, -0.25) is 0 Å². The van der Waals surface area contributed by atoms with E-state index >= 15 is 0 Å². The third-order valence-electron chi connectivity index (χ3n) is 4.76. The Hall–Kier alpha value is -1.02. The van der Waals surface area contributed by atoms with E-state index in [4.69, 9.17) is 0 Å². The van der Waals surface area contributed by atoms with Gasteiger partial charge in [0.2, 0.25) is 0 Å². The molecule has 0 N–H and O–H groups in total. The largest absolute Gasteiger partial charge is 0.372 e. The summed E-state index contributed by atoms with van der Waals surface area (Å²) >= 11 is 0. The normalized spacial score (nSPS) is 24.6. The van der Waals surface area contributed by atoms with Gasteiger partial charge in [0.15, 0.2) is 0 Å². The molecule has 2 heteroatoms. The topological polar surface area (TPSA) is 6.48 Å². The smallest absolute Gasteiger partial charge is 0.0369 e. The molecule has 1 atom stereocenters. The van der Waals surface area contributed by atoms with Crippen LogP contribution in [0.1, 0.15) is 44.6 Å². The molecule has 2 fully saturated rings. The lowest BCUT2D eigenvalue weighted by molar-refractivity contribution is 0.272. The van der Waals surface area contributed by atoms with E-state index in [-0.39, 0.29) is 0 Å². The third-order valence-corrected chi connectivity index (χ3v) is 4.76. The van der Waals surface area contributed by atoms with Crippen molar-refractivity contribution < 1.29 is 0 Å². The summed E-state index contributed by atoms with van der Waals surface area (Å²) in [6, 6.07) is 9.99. The monoisotopic (exact) mass is 258 g/mol. The van der Waals surface area contributed by atoms with Crippen molar-refractivity contribution in [3.8, 4) is 0 Å². The van der Waals surface area contributed by atoms with Gasteiger partial charge in [-0.1, -0.05) is 12.1 Å². The minimum absolute atomic E-state index is 0.687. The van der Waals surface area contributed by atoms with Crippen molar-refractivity contribution in [1.82, 2.24) is 4.90 Å². The average molecular weight is 258 g/mol. The van der Waals surface area contributed by atoms with Gasteiger partial charge in [0.1, 0.15) is 0 Å². The summed E-state index contributed by atoms with van der Waals surface area (Å²) < 4.78 is 0. The molecule has 0 spiro atoms. The molecule has 0 saturated carbocycles. The number of nitrogens with zero attached hydrogens (tertiary/aromatic N) is 2. The van der Waals surface area contributed by atoms with Crippen molar-refractivity contribution in [3.63, 3.8) is 0 Å². The van der Waals surface area contributed by atoms with E-state index in [1.165, 1.54) is 51.1 Å². The second kappa shape index (κ2) is 5.54. The Morgan fingerprint density at radius 2 is 1.89 bits per heavy atom. The Morgan fingerprint density at radius 1 is 1.11 bits per heavy atom. The Kier molecular flexibility index (Phi) is 3.79. The fraction of sp³-hybridized carbons (Fsp3) is 0.647. The van der Waals surface area contributed by atoms with Crippen LogP contribution in [0.3, 0.4) is 0 Å². The standard InChI is InChI=1S/C17H26N2/c1-14(2)19-11-8-16(13-19)15-6-5-7-17(12-15)18-9-3-4-10-18/h5-7,12,14,16H,3-4,8-11,13H2,1-2H3/t16-/m1/s1. The SMILES string of the molecule is CC(C)N1CC[C@@H](c2cccc(N3CCCC3)c2)C1. The highest BCUT2D eigenvalue weighted by molar-refractivity contribution is 5.50. The van der Waals surface area contributed by atoms with Crippen molar-refractivity contribution in [1.29, 1.82) is 0 Å². The minimum atomic E-state index is 0.687. The first-order valence-electron chi connectivity index (χ1n) is 7.83. The van der Waals surface area contributed by atoms with E-state index in [0.717, 1.165) is 5.92 Å². The maximum absolute atomic E-state index is 2.60. The lowest BCUT2D eigenvalue weighted by Gasteiger charge is -2.22. The molecule has 0 amide bonds. The summed E-state index contributed by atoms with van der Waals surface area (Å²) in [6.45, 7) is 9.60. The number of likely N-dealkylation sites (tertiary alicyclic amines) is 1. The highest BCUT2D eigenvalue weighted by atomic mass is 15.2. The Balaban J connectivity index is 1.73. The van der Waals surface area contributed by atoms with Crippen molar-refractivity contribution in [2.24, 2.45) is 0 Å². The zero-order valence-corrected chi connectivity index (χ0v) is 12.3. The molecule has 0 aliphatic carbocycles. The van der Waals surface area contributed by atoms with Crippen LogP contribution in [-0.2, 0) is 0 Å². The van der Waals surface area contributed by atoms with Crippen LogP contribution < -0.4 is 4.90 Å². The fourth-order valence-electron chi connectivity index (χ4n) is 3.48. The second-order valence-corrected chi connectivity index (χ2v) is 6.36. The first kappa shape index (κ1) is 13.0. The molecule has 2 heterocycles. The highest BCUT2D eigenvalue weighted by Gasteiger charge is 2.25. The molecule has 0 unspecified atom stereocenters. The predicted molar refractivity (Wildman–Crippen MR) is 82.0 cm³/mol. The van der Waals surface area contributed by atoms with Gasteiger partial charge in [0, 0.05) is 31.4 Å². The summed E-state index contributed by atoms with van der Waals surface area (Å²) in [4.78, 5) is 5.14. The number of anilines is 1. The van der Waals surface area contributed by atoms with E-state index in [0.29, 0.717) is 6.04 Å². The molecule has 2 saturated heterocycles. The van der Waals surface area contributed by atoms with Crippen molar-refractivity contribution in [3.05, 3.63) is 29.8 Å². The first-order chi connectivity index (χ1) is 9.24. The quantitative estimate of drug-likeness (QED) is 0.819. The lowest BCUT2D eigenvalue weighted by atomic mass is 9.98. The molecule has 2 aliphatic heterocycles. The molecule has 1 aromatic rings.